The maximum atomic E-state index is 12.5. The number of hydrogen-bond donors (Lipinski definition) is 2. The SMILES string of the molecule is CCNc1ncc(S(=O)(=O)N2CCC(C)C2CO)cn1. The molecule has 1 fully saturated rings. The van der Waals surface area contributed by atoms with Crippen LogP contribution >= 0.6 is 0 Å². The van der Waals surface area contributed by atoms with Gasteiger partial charge in [-0.05, 0) is 19.3 Å². The number of nitrogens with one attached hydrogen (secondary N) is 1. The molecule has 2 atom stereocenters. The first-order chi connectivity index (χ1) is 9.50. The molecule has 2 N–H and O–H groups in total. The Hall–Kier alpha value is -1.25. The maximum Gasteiger partial charge on any atom is 0.246 e. The number of hydrogen-bond acceptors (Lipinski definition) is 6. The summed E-state index contributed by atoms with van der Waals surface area (Å²) in [4.78, 5) is 8.03. The van der Waals surface area contributed by atoms with Crippen LogP contribution < -0.4 is 5.32 Å². The van der Waals surface area contributed by atoms with Gasteiger partial charge in [0, 0.05) is 13.1 Å². The van der Waals surface area contributed by atoms with Gasteiger partial charge in [0.1, 0.15) is 4.90 Å². The lowest BCUT2D eigenvalue weighted by atomic mass is 10.0. The molecule has 0 radical (unpaired) electrons. The molecule has 1 aromatic heterocycles. The number of sulfonamides is 1. The van der Waals surface area contributed by atoms with Crippen molar-refractivity contribution in [2.45, 2.75) is 31.2 Å². The zero-order valence-corrected chi connectivity index (χ0v) is 12.5. The van der Waals surface area contributed by atoms with Gasteiger partial charge in [-0.25, -0.2) is 18.4 Å². The van der Waals surface area contributed by atoms with Crippen molar-refractivity contribution in [2.75, 3.05) is 25.0 Å². The van der Waals surface area contributed by atoms with E-state index in [0.29, 0.717) is 19.0 Å². The lowest BCUT2D eigenvalue weighted by molar-refractivity contribution is 0.191. The van der Waals surface area contributed by atoms with Gasteiger partial charge < -0.3 is 10.4 Å². The topological polar surface area (TPSA) is 95.4 Å². The van der Waals surface area contributed by atoms with Gasteiger partial charge in [0.2, 0.25) is 16.0 Å². The molecule has 0 amide bonds. The van der Waals surface area contributed by atoms with Gasteiger partial charge in [-0.15, -0.1) is 0 Å². The number of anilines is 1. The van der Waals surface area contributed by atoms with Crippen LogP contribution in [0.15, 0.2) is 17.3 Å². The van der Waals surface area contributed by atoms with E-state index < -0.39 is 10.0 Å². The number of nitrogens with zero attached hydrogens (tertiary/aromatic N) is 3. The first-order valence-corrected chi connectivity index (χ1v) is 8.13. The Labute approximate surface area is 119 Å². The first-order valence-electron chi connectivity index (χ1n) is 6.69. The van der Waals surface area contributed by atoms with Crippen LogP contribution in [0.25, 0.3) is 0 Å². The molecular formula is C12H20N4O3S. The summed E-state index contributed by atoms with van der Waals surface area (Å²) in [5, 5.41) is 12.3. The molecule has 1 aliphatic rings. The summed E-state index contributed by atoms with van der Waals surface area (Å²) in [5.74, 6) is 0.552. The molecule has 0 spiro atoms. The van der Waals surface area contributed by atoms with E-state index in [1.54, 1.807) is 0 Å². The Morgan fingerprint density at radius 3 is 2.65 bits per heavy atom. The van der Waals surface area contributed by atoms with Crippen molar-refractivity contribution in [2.24, 2.45) is 5.92 Å². The fraction of sp³-hybridized carbons (Fsp3) is 0.667. The van der Waals surface area contributed by atoms with Gasteiger partial charge >= 0.3 is 0 Å². The second-order valence-electron chi connectivity index (χ2n) is 4.90. The average molecular weight is 300 g/mol. The third kappa shape index (κ3) is 2.77. The van der Waals surface area contributed by atoms with Gasteiger partial charge in [-0.3, -0.25) is 0 Å². The third-order valence-corrected chi connectivity index (χ3v) is 5.47. The molecule has 0 saturated carbocycles. The van der Waals surface area contributed by atoms with Gasteiger partial charge in [0.05, 0.1) is 25.0 Å². The summed E-state index contributed by atoms with van der Waals surface area (Å²) >= 11 is 0. The Balaban J connectivity index is 2.26. The quantitative estimate of drug-likeness (QED) is 0.812. The van der Waals surface area contributed by atoms with Crippen LogP contribution in [0.3, 0.4) is 0 Å². The highest BCUT2D eigenvalue weighted by atomic mass is 32.2. The minimum absolute atomic E-state index is 0.0618. The minimum atomic E-state index is -3.64. The normalized spacial score (nSPS) is 23.9. The number of aliphatic hydroxyl groups is 1. The van der Waals surface area contributed by atoms with Crippen LogP contribution in [0, 0.1) is 5.92 Å². The lowest BCUT2D eigenvalue weighted by Crippen LogP contribution is -2.39. The monoisotopic (exact) mass is 300 g/mol. The van der Waals surface area contributed by atoms with Crippen LogP contribution in [0.5, 0.6) is 0 Å². The van der Waals surface area contributed by atoms with Crippen molar-refractivity contribution in [1.29, 1.82) is 0 Å². The fourth-order valence-electron chi connectivity index (χ4n) is 2.38. The van der Waals surface area contributed by atoms with Crippen LogP contribution in [0.1, 0.15) is 20.3 Å². The van der Waals surface area contributed by atoms with Crippen molar-refractivity contribution in [3.8, 4) is 0 Å². The van der Waals surface area contributed by atoms with Crippen LogP contribution in [0.4, 0.5) is 5.95 Å². The predicted octanol–water partition coefficient (Wildman–Crippen LogP) is 0.300. The highest BCUT2D eigenvalue weighted by Gasteiger charge is 2.39. The van der Waals surface area contributed by atoms with Gasteiger partial charge in [0.25, 0.3) is 0 Å². The van der Waals surface area contributed by atoms with E-state index in [9.17, 15) is 13.5 Å². The fourth-order valence-corrected chi connectivity index (χ4v) is 4.00. The van der Waals surface area contributed by atoms with E-state index >= 15 is 0 Å². The first kappa shape index (κ1) is 15.1. The molecule has 1 saturated heterocycles. The zero-order valence-electron chi connectivity index (χ0n) is 11.7. The average Bonchev–Trinajstić information content (AvgIpc) is 2.81. The highest BCUT2D eigenvalue weighted by Crippen LogP contribution is 2.29. The van der Waals surface area contributed by atoms with Gasteiger partial charge in [0.15, 0.2) is 0 Å². The van der Waals surface area contributed by atoms with E-state index in [1.807, 2.05) is 13.8 Å². The third-order valence-electron chi connectivity index (χ3n) is 3.59. The second kappa shape index (κ2) is 6.02. The molecule has 0 aliphatic carbocycles. The molecule has 1 aliphatic heterocycles. The zero-order chi connectivity index (χ0) is 14.8. The number of rotatable bonds is 5. The lowest BCUT2D eigenvalue weighted by Gasteiger charge is -2.24. The van der Waals surface area contributed by atoms with Crippen molar-refractivity contribution in [1.82, 2.24) is 14.3 Å². The van der Waals surface area contributed by atoms with E-state index in [4.69, 9.17) is 0 Å². The molecule has 8 heteroatoms. The largest absolute Gasteiger partial charge is 0.395 e. The van der Waals surface area contributed by atoms with Crippen molar-refractivity contribution >= 4 is 16.0 Å². The summed E-state index contributed by atoms with van der Waals surface area (Å²) in [6.07, 6.45) is 3.36. The Bertz CT molecular complexity index is 546. The smallest absolute Gasteiger partial charge is 0.246 e. The molecule has 20 heavy (non-hydrogen) atoms. The van der Waals surface area contributed by atoms with Crippen LogP contribution in [-0.2, 0) is 10.0 Å². The van der Waals surface area contributed by atoms with Gasteiger partial charge in [-0.1, -0.05) is 6.92 Å². The summed E-state index contributed by atoms with van der Waals surface area (Å²) in [5.41, 5.74) is 0. The Morgan fingerprint density at radius 1 is 1.45 bits per heavy atom. The van der Waals surface area contributed by atoms with E-state index in [1.165, 1.54) is 16.7 Å². The molecule has 7 nitrogen and oxygen atoms in total. The second-order valence-corrected chi connectivity index (χ2v) is 6.79. The Kier molecular flexibility index (Phi) is 4.56. The predicted molar refractivity (Wildman–Crippen MR) is 74.7 cm³/mol. The standard InChI is InChI=1S/C12H20N4O3S/c1-3-13-12-14-6-10(7-15-12)20(18,19)16-5-4-9(2)11(16)8-17/h6-7,9,11,17H,3-5,8H2,1-2H3,(H,13,14,15). The molecule has 2 rings (SSSR count). The van der Waals surface area contributed by atoms with Gasteiger partial charge in [-0.2, -0.15) is 4.31 Å². The van der Waals surface area contributed by atoms with E-state index in [2.05, 4.69) is 15.3 Å². The molecular weight excluding hydrogens is 280 g/mol. The highest BCUT2D eigenvalue weighted by molar-refractivity contribution is 7.89. The van der Waals surface area contributed by atoms with E-state index in [-0.39, 0.29) is 23.5 Å². The Morgan fingerprint density at radius 2 is 2.10 bits per heavy atom. The number of aromatic nitrogens is 2. The van der Waals surface area contributed by atoms with Crippen molar-refractivity contribution < 1.29 is 13.5 Å². The minimum Gasteiger partial charge on any atom is -0.395 e. The molecule has 112 valence electrons. The summed E-state index contributed by atoms with van der Waals surface area (Å²) in [7, 11) is -3.64. The number of aliphatic hydroxyl groups excluding tert-OH is 1. The molecule has 1 aromatic rings. The van der Waals surface area contributed by atoms with Crippen LogP contribution in [0.2, 0.25) is 0 Å². The van der Waals surface area contributed by atoms with Crippen molar-refractivity contribution in [3.05, 3.63) is 12.4 Å². The molecule has 2 heterocycles. The van der Waals surface area contributed by atoms with Crippen LogP contribution in [-0.4, -0.2) is 53.5 Å². The van der Waals surface area contributed by atoms with Crippen molar-refractivity contribution in [3.63, 3.8) is 0 Å². The summed E-state index contributed by atoms with van der Waals surface area (Å²) in [6, 6.07) is -0.367. The summed E-state index contributed by atoms with van der Waals surface area (Å²) < 4.78 is 26.4. The molecule has 0 aromatic carbocycles. The maximum absolute atomic E-state index is 12.5. The van der Waals surface area contributed by atoms with E-state index in [0.717, 1.165) is 6.42 Å². The summed E-state index contributed by atoms with van der Waals surface area (Å²) in [6.45, 7) is 4.77. The molecule has 0 bridgehead atoms. The molecule has 2 unspecified atom stereocenters.